The van der Waals surface area contributed by atoms with E-state index >= 15 is 0 Å². The van der Waals surface area contributed by atoms with E-state index < -0.39 is 5.60 Å². The van der Waals surface area contributed by atoms with Crippen LogP contribution < -0.4 is 0 Å². The van der Waals surface area contributed by atoms with E-state index in [1.165, 1.54) is 0 Å². The van der Waals surface area contributed by atoms with Crippen LogP contribution in [-0.2, 0) is 12.1 Å². The Kier molecular flexibility index (Phi) is 4.11. The Morgan fingerprint density at radius 3 is 2.92 bits per heavy atom. The van der Waals surface area contributed by atoms with Crippen LogP contribution in [0.3, 0.4) is 0 Å². The molecule has 5 nitrogen and oxygen atoms in total. The van der Waals surface area contributed by atoms with Crippen LogP contribution in [-0.4, -0.2) is 33.2 Å². The Balaban J connectivity index is 1.47. The minimum Gasteiger partial charge on any atom is -0.384 e. The number of rotatable bonds is 4. The molecule has 1 atom stereocenters. The van der Waals surface area contributed by atoms with Crippen LogP contribution in [0.2, 0.25) is 0 Å². The largest absolute Gasteiger partial charge is 0.384 e. The summed E-state index contributed by atoms with van der Waals surface area (Å²) in [5, 5.41) is 15.2. The minimum atomic E-state index is -0.794. The second-order valence-electron chi connectivity index (χ2n) is 6.73. The molecule has 0 radical (unpaired) electrons. The van der Waals surface area contributed by atoms with E-state index in [0.717, 1.165) is 41.1 Å². The van der Waals surface area contributed by atoms with E-state index in [2.05, 4.69) is 15.0 Å². The third-order valence-electron chi connectivity index (χ3n) is 4.87. The number of benzene rings is 1. The standard InChI is InChI=1S/C20H21N3O2/c1-15-5-2-3-7-18(15)20(24)8-10-23(14-20)13-17-11-19(22-25-17)16-6-4-9-21-12-16/h2-7,9,11-12,24H,8,10,13-14H2,1H3. The van der Waals surface area contributed by atoms with E-state index in [0.29, 0.717) is 13.1 Å². The van der Waals surface area contributed by atoms with Crippen molar-refractivity contribution in [3.8, 4) is 11.3 Å². The van der Waals surface area contributed by atoms with Crippen LogP contribution >= 0.6 is 0 Å². The van der Waals surface area contributed by atoms with Gasteiger partial charge in [0.05, 0.1) is 6.54 Å². The number of aryl methyl sites for hydroxylation is 1. The summed E-state index contributed by atoms with van der Waals surface area (Å²) in [6, 6.07) is 13.8. The highest BCUT2D eigenvalue weighted by Crippen LogP contribution is 2.34. The summed E-state index contributed by atoms with van der Waals surface area (Å²) in [4.78, 5) is 6.32. The summed E-state index contributed by atoms with van der Waals surface area (Å²) >= 11 is 0. The van der Waals surface area contributed by atoms with Gasteiger partial charge in [-0.25, -0.2) is 0 Å². The number of β-amino-alcohol motifs (C(OH)–C–C–N with tert-alkyl or cyclic N) is 1. The van der Waals surface area contributed by atoms with E-state index in [1.54, 1.807) is 12.4 Å². The van der Waals surface area contributed by atoms with Crippen molar-refractivity contribution in [1.82, 2.24) is 15.0 Å². The van der Waals surface area contributed by atoms with E-state index in [-0.39, 0.29) is 0 Å². The predicted molar refractivity (Wildman–Crippen MR) is 94.7 cm³/mol. The van der Waals surface area contributed by atoms with Gasteiger partial charge in [-0.3, -0.25) is 9.88 Å². The van der Waals surface area contributed by atoms with Crippen molar-refractivity contribution in [2.45, 2.75) is 25.5 Å². The maximum Gasteiger partial charge on any atom is 0.151 e. The van der Waals surface area contributed by atoms with Gasteiger partial charge in [-0.2, -0.15) is 0 Å². The first-order chi connectivity index (χ1) is 12.1. The lowest BCUT2D eigenvalue weighted by molar-refractivity contribution is 0.0437. The maximum atomic E-state index is 11.1. The monoisotopic (exact) mass is 335 g/mol. The first kappa shape index (κ1) is 16.0. The molecule has 0 saturated carbocycles. The van der Waals surface area contributed by atoms with Crippen molar-refractivity contribution < 1.29 is 9.63 Å². The molecule has 2 aromatic heterocycles. The Hall–Kier alpha value is -2.50. The van der Waals surface area contributed by atoms with Gasteiger partial charge in [0.2, 0.25) is 0 Å². The van der Waals surface area contributed by atoms with Crippen LogP contribution in [0.5, 0.6) is 0 Å². The highest BCUT2D eigenvalue weighted by Gasteiger charge is 2.38. The van der Waals surface area contributed by atoms with E-state index in [1.807, 2.05) is 49.4 Å². The molecule has 0 amide bonds. The SMILES string of the molecule is Cc1ccccc1C1(O)CCN(Cc2cc(-c3cccnc3)no2)C1. The number of hydrogen-bond acceptors (Lipinski definition) is 5. The average molecular weight is 335 g/mol. The summed E-state index contributed by atoms with van der Waals surface area (Å²) in [7, 11) is 0. The highest BCUT2D eigenvalue weighted by atomic mass is 16.5. The molecular formula is C20H21N3O2. The van der Waals surface area contributed by atoms with Crippen LogP contribution in [0.4, 0.5) is 0 Å². The molecule has 3 heterocycles. The summed E-state index contributed by atoms with van der Waals surface area (Å²) in [6.07, 6.45) is 4.23. The molecule has 0 spiro atoms. The van der Waals surface area contributed by atoms with Crippen molar-refractivity contribution in [2.75, 3.05) is 13.1 Å². The van der Waals surface area contributed by atoms with Crippen LogP contribution in [0.25, 0.3) is 11.3 Å². The second kappa shape index (κ2) is 6.43. The fourth-order valence-electron chi connectivity index (χ4n) is 3.58. The topological polar surface area (TPSA) is 62.4 Å². The summed E-state index contributed by atoms with van der Waals surface area (Å²) < 4.78 is 5.48. The fraction of sp³-hybridized carbons (Fsp3) is 0.300. The van der Waals surface area contributed by atoms with Gasteiger partial charge in [0.1, 0.15) is 11.3 Å². The lowest BCUT2D eigenvalue weighted by atomic mass is 9.89. The van der Waals surface area contributed by atoms with Gasteiger partial charge in [-0.05, 0) is 36.6 Å². The number of aliphatic hydroxyl groups is 1. The normalized spacial score (nSPS) is 20.9. The molecule has 0 aliphatic carbocycles. The van der Waals surface area contributed by atoms with Gasteiger partial charge in [0.15, 0.2) is 5.76 Å². The van der Waals surface area contributed by atoms with Gasteiger partial charge in [-0.15, -0.1) is 0 Å². The Bertz CT molecular complexity index is 862. The molecular weight excluding hydrogens is 314 g/mol. The van der Waals surface area contributed by atoms with Crippen molar-refractivity contribution >= 4 is 0 Å². The molecule has 1 aromatic carbocycles. The van der Waals surface area contributed by atoms with Gasteiger partial charge in [0, 0.05) is 37.1 Å². The van der Waals surface area contributed by atoms with Gasteiger partial charge >= 0.3 is 0 Å². The van der Waals surface area contributed by atoms with Gasteiger partial charge in [0.25, 0.3) is 0 Å². The van der Waals surface area contributed by atoms with Crippen LogP contribution in [0.15, 0.2) is 59.4 Å². The highest BCUT2D eigenvalue weighted by molar-refractivity contribution is 5.57. The number of hydrogen-bond donors (Lipinski definition) is 1. The van der Waals surface area contributed by atoms with Crippen LogP contribution in [0, 0.1) is 6.92 Å². The number of aromatic nitrogens is 2. The van der Waals surface area contributed by atoms with Gasteiger partial charge < -0.3 is 9.63 Å². The average Bonchev–Trinajstić information content (AvgIpc) is 3.24. The Morgan fingerprint density at radius 1 is 1.24 bits per heavy atom. The van der Waals surface area contributed by atoms with Crippen molar-refractivity contribution in [2.24, 2.45) is 0 Å². The predicted octanol–water partition coefficient (Wildman–Crippen LogP) is 3.14. The quantitative estimate of drug-likeness (QED) is 0.793. The molecule has 128 valence electrons. The second-order valence-corrected chi connectivity index (χ2v) is 6.73. The fourth-order valence-corrected chi connectivity index (χ4v) is 3.58. The zero-order valence-corrected chi connectivity index (χ0v) is 14.2. The van der Waals surface area contributed by atoms with E-state index in [4.69, 9.17) is 4.52 Å². The van der Waals surface area contributed by atoms with Crippen molar-refractivity contribution in [3.63, 3.8) is 0 Å². The molecule has 3 aromatic rings. The Labute approximate surface area is 146 Å². The molecule has 1 unspecified atom stereocenters. The van der Waals surface area contributed by atoms with Gasteiger partial charge in [-0.1, -0.05) is 29.4 Å². The number of likely N-dealkylation sites (tertiary alicyclic amines) is 1. The summed E-state index contributed by atoms with van der Waals surface area (Å²) in [5.41, 5.74) is 3.08. The molecule has 1 saturated heterocycles. The smallest absolute Gasteiger partial charge is 0.151 e. The first-order valence-corrected chi connectivity index (χ1v) is 8.51. The first-order valence-electron chi connectivity index (χ1n) is 8.51. The molecule has 1 fully saturated rings. The Morgan fingerprint density at radius 2 is 2.12 bits per heavy atom. The number of pyridine rings is 1. The summed E-state index contributed by atoms with van der Waals surface area (Å²) in [6.45, 7) is 4.11. The zero-order chi connectivity index (χ0) is 17.3. The number of nitrogens with zero attached hydrogens (tertiary/aromatic N) is 3. The molecule has 1 aliphatic heterocycles. The van der Waals surface area contributed by atoms with E-state index in [9.17, 15) is 5.11 Å². The molecule has 25 heavy (non-hydrogen) atoms. The molecule has 5 heteroatoms. The minimum absolute atomic E-state index is 0.598. The lowest BCUT2D eigenvalue weighted by Crippen LogP contribution is -2.31. The van der Waals surface area contributed by atoms with Crippen molar-refractivity contribution in [1.29, 1.82) is 0 Å². The summed E-state index contributed by atoms with van der Waals surface area (Å²) in [5.74, 6) is 0.799. The molecule has 4 rings (SSSR count). The molecule has 0 bridgehead atoms. The molecule has 1 N–H and O–H groups in total. The molecule has 1 aliphatic rings. The van der Waals surface area contributed by atoms with Crippen molar-refractivity contribution in [3.05, 3.63) is 71.7 Å². The third kappa shape index (κ3) is 3.21. The third-order valence-corrected chi connectivity index (χ3v) is 4.87. The maximum absolute atomic E-state index is 11.1. The van der Waals surface area contributed by atoms with Crippen LogP contribution in [0.1, 0.15) is 23.3 Å². The lowest BCUT2D eigenvalue weighted by Gasteiger charge is -2.25. The zero-order valence-electron chi connectivity index (χ0n) is 14.2.